The number of benzene rings is 1. The Morgan fingerprint density at radius 1 is 1.64 bits per heavy atom. The van der Waals surface area contributed by atoms with E-state index in [0.717, 1.165) is 0 Å². The highest BCUT2D eigenvalue weighted by molar-refractivity contribution is 6.40. The molecule has 1 aromatic rings. The molecule has 1 aromatic carbocycles. The Morgan fingerprint density at radius 2 is 2.21 bits per heavy atom. The van der Waals surface area contributed by atoms with Gasteiger partial charge in [-0.05, 0) is 25.5 Å². The Bertz CT molecular complexity index is 448. The zero-order valence-corrected chi connectivity index (χ0v) is 8.64. The molecule has 0 saturated heterocycles. The highest BCUT2D eigenvalue weighted by atomic mass is 35.5. The summed E-state index contributed by atoms with van der Waals surface area (Å²) in [5.41, 5.74) is 1.40. The van der Waals surface area contributed by atoms with Gasteiger partial charge in [0.15, 0.2) is 5.78 Å². The molecule has 0 bridgehead atoms. The second kappa shape index (κ2) is 3.85. The van der Waals surface area contributed by atoms with Gasteiger partial charge < -0.3 is 0 Å². The normalized spacial score (nSPS) is 9.57. The second-order valence-corrected chi connectivity index (χ2v) is 3.39. The molecule has 4 heteroatoms. The summed E-state index contributed by atoms with van der Waals surface area (Å²) in [7, 11) is 5.66. The first-order chi connectivity index (χ1) is 6.49. The van der Waals surface area contributed by atoms with Crippen molar-refractivity contribution in [3.05, 3.63) is 27.8 Å². The van der Waals surface area contributed by atoms with Crippen molar-refractivity contribution in [3.63, 3.8) is 0 Å². The predicted octanol–water partition coefficient (Wildman–Crippen LogP) is 1.52. The first-order valence-corrected chi connectivity index (χ1v) is 4.36. The summed E-state index contributed by atoms with van der Waals surface area (Å²) in [6.45, 7) is 3.08. The Hall–Kier alpha value is -1.27. The van der Waals surface area contributed by atoms with Crippen LogP contribution in [0, 0.1) is 18.3 Å². The van der Waals surface area contributed by atoms with Crippen LogP contribution in [0.25, 0.3) is 0 Å². The van der Waals surface area contributed by atoms with Crippen LogP contribution in [0.3, 0.4) is 0 Å². The topological polar surface area (TPSA) is 40.9 Å². The van der Waals surface area contributed by atoms with E-state index in [4.69, 9.17) is 24.7 Å². The van der Waals surface area contributed by atoms with E-state index in [1.165, 1.54) is 13.0 Å². The average Bonchev–Trinajstić information content (AvgIpc) is 2.12. The summed E-state index contributed by atoms with van der Waals surface area (Å²) < 4.78 is 0. The smallest absolute Gasteiger partial charge is 0.159 e. The molecule has 0 spiro atoms. The summed E-state index contributed by atoms with van der Waals surface area (Å²) in [5, 5.41) is 9.22. The van der Waals surface area contributed by atoms with Gasteiger partial charge in [0.25, 0.3) is 0 Å². The highest BCUT2D eigenvalue weighted by Crippen LogP contribution is 2.19. The van der Waals surface area contributed by atoms with Crippen molar-refractivity contribution in [2.45, 2.75) is 13.8 Å². The molecule has 1 rings (SSSR count). The minimum Gasteiger partial charge on any atom is -0.295 e. The molecule has 0 heterocycles. The summed E-state index contributed by atoms with van der Waals surface area (Å²) in [4.78, 5) is 11.1. The van der Waals surface area contributed by atoms with Gasteiger partial charge in [0.2, 0.25) is 0 Å². The van der Waals surface area contributed by atoms with Crippen LogP contribution in [0.5, 0.6) is 0 Å². The minimum atomic E-state index is -0.194. The fourth-order valence-corrected chi connectivity index (χ4v) is 1.41. The van der Waals surface area contributed by atoms with E-state index in [0.29, 0.717) is 16.1 Å². The van der Waals surface area contributed by atoms with Crippen molar-refractivity contribution in [1.29, 1.82) is 5.26 Å². The molecule has 0 aliphatic carbocycles. The zero-order chi connectivity index (χ0) is 10.9. The summed E-state index contributed by atoms with van der Waals surface area (Å²) in [5.74, 6) is -0.194. The van der Waals surface area contributed by atoms with Crippen molar-refractivity contribution < 1.29 is 4.79 Å². The Morgan fingerprint density at radius 3 is 2.64 bits per heavy atom. The van der Waals surface area contributed by atoms with Crippen molar-refractivity contribution in [1.82, 2.24) is 0 Å². The lowest BCUT2D eigenvalue weighted by atomic mass is 9.83. The molecule has 0 N–H and O–H groups in total. The number of rotatable bonds is 1. The van der Waals surface area contributed by atoms with Gasteiger partial charge in [0.1, 0.15) is 7.85 Å². The van der Waals surface area contributed by atoms with Crippen LogP contribution in [-0.4, -0.2) is 13.6 Å². The molecule has 0 amide bonds. The molecule has 0 saturated carbocycles. The molecule has 0 atom stereocenters. The predicted molar refractivity (Wildman–Crippen MR) is 56.3 cm³/mol. The lowest BCUT2D eigenvalue weighted by Gasteiger charge is -2.09. The van der Waals surface area contributed by atoms with Crippen LogP contribution in [0.4, 0.5) is 0 Å². The molecular formula is C10H7BClNO. The quantitative estimate of drug-likeness (QED) is 0.513. The first-order valence-electron chi connectivity index (χ1n) is 3.98. The van der Waals surface area contributed by atoms with Crippen LogP contribution in [0.1, 0.15) is 28.4 Å². The highest BCUT2D eigenvalue weighted by Gasteiger charge is 2.12. The number of carbonyl (C=O) groups excluding carboxylic acids is 1. The fourth-order valence-electron chi connectivity index (χ4n) is 1.20. The number of carbonyl (C=O) groups is 1. The fraction of sp³-hybridized carbons (Fsp3) is 0.200. The van der Waals surface area contributed by atoms with Gasteiger partial charge in [0.05, 0.1) is 11.6 Å². The number of nitriles is 1. The van der Waals surface area contributed by atoms with E-state index in [1.807, 2.05) is 6.07 Å². The van der Waals surface area contributed by atoms with Gasteiger partial charge in [-0.25, -0.2) is 0 Å². The molecule has 2 radical (unpaired) electrons. The van der Waals surface area contributed by atoms with Crippen molar-refractivity contribution >= 4 is 30.7 Å². The maximum atomic E-state index is 11.1. The Balaban J connectivity index is 3.61. The third-order valence-electron chi connectivity index (χ3n) is 2.05. The number of halogens is 1. The van der Waals surface area contributed by atoms with Crippen LogP contribution >= 0.6 is 11.6 Å². The number of ketones is 1. The summed E-state index contributed by atoms with van der Waals surface area (Å²) in [6.07, 6.45) is 0. The minimum absolute atomic E-state index is 0.194. The van der Waals surface area contributed by atoms with Gasteiger partial charge in [0, 0.05) is 10.6 Å². The molecule has 14 heavy (non-hydrogen) atoms. The number of nitrogens with zero attached hydrogens (tertiary/aromatic N) is 1. The van der Waals surface area contributed by atoms with Crippen molar-refractivity contribution in [2.24, 2.45) is 0 Å². The van der Waals surface area contributed by atoms with Crippen LogP contribution in [0.2, 0.25) is 5.02 Å². The largest absolute Gasteiger partial charge is 0.295 e. The van der Waals surface area contributed by atoms with E-state index in [-0.39, 0.29) is 16.8 Å². The van der Waals surface area contributed by atoms with Crippen molar-refractivity contribution in [3.8, 4) is 6.07 Å². The number of hydrogen-bond acceptors (Lipinski definition) is 2. The van der Waals surface area contributed by atoms with Gasteiger partial charge in [-0.3, -0.25) is 4.79 Å². The molecule has 0 aliphatic heterocycles. The van der Waals surface area contributed by atoms with E-state index in [2.05, 4.69) is 0 Å². The molecule has 68 valence electrons. The molecule has 0 aliphatic rings. The van der Waals surface area contributed by atoms with E-state index in [9.17, 15) is 4.79 Å². The van der Waals surface area contributed by atoms with E-state index < -0.39 is 0 Å². The third-order valence-corrected chi connectivity index (χ3v) is 2.45. The molecular weight excluding hydrogens is 196 g/mol. The van der Waals surface area contributed by atoms with Crippen LogP contribution in [0.15, 0.2) is 6.07 Å². The summed E-state index contributed by atoms with van der Waals surface area (Å²) >= 11 is 5.85. The van der Waals surface area contributed by atoms with Gasteiger partial charge >= 0.3 is 0 Å². The zero-order valence-electron chi connectivity index (χ0n) is 7.89. The van der Waals surface area contributed by atoms with E-state index >= 15 is 0 Å². The van der Waals surface area contributed by atoms with Crippen LogP contribution in [-0.2, 0) is 0 Å². The van der Waals surface area contributed by atoms with Gasteiger partial charge in [-0.1, -0.05) is 17.1 Å². The Labute approximate surface area is 88.9 Å². The van der Waals surface area contributed by atoms with E-state index in [1.54, 1.807) is 6.92 Å². The van der Waals surface area contributed by atoms with Gasteiger partial charge in [-0.2, -0.15) is 5.26 Å². The summed E-state index contributed by atoms with van der Waals surface area (Å²) in [6, 6.07) is 3.43. The second-order valence-electron chi connectivity index (χ2n) is 2.99. The maximum absolute atomic E-state index is 11.1. The standard InChI is InChI=1S/C10H7BClNO/c1-5-8(4-13)10(11)7(6(2)14)3-9(5)12/h3H,1-2H3. The van der Waals surface area contributed by atoms with Crippen molar-refractivity contribution in [2.75, 3.05) is 0 Å². The molecule has 0 aromatic heterocycles. The molecule has 2 nitrogen and oxygen atoms in total. The lowest BCUT2D eigenvalue weighted by molar-refractivity contribution is 0.101. The number of hydrogen-bond donors (Lipinski definition) is 0. The third kappa shape index (κ3) is 1.66. The monoisotopic (exact) mass is 203 g/mol. The Kier molecular flexibility index (Phi) is 2.98. The van der Waals surface area contributed by atoms with Crippen LogP contribution < -0.4 is 5.46 Å². The average molecular weight is 203 g/mol. The van der Waals surface area contributed by atoms with Gasteiger partial charge in [-0.15, -0.1) is 0 Å². The first kappa shape index (κ1) is 10.8. The maximum Gasteiger partial charge on any atom is 0.159 e. The molecule has 0 unspecified atom stereocenters. The lowest BCUT2D eigenvalue weighted by Crippen LogP contribution is -2.19. The number of Topliss-reactive ketones (excluding diaryl/α,β-unsaturated/α-hetero) is 1. The SMILES string of the molecule is [B]c1c(C(C)=O)cc(Cl)c(C)c1C#N. The molecule has 0 fully saturated rings.